The number of carbonyl (C=O) groups is 1. The van der Waals surface area contributed by atoms with Crippen LogP contribution in [0.4, 0.5) is 0 Å². The lowest BCUT2D eigenvalue weighted by Crippen LogP contribution is -2.16. The molecule has 0 aromatic heterocycles. The average molecular weight is 284 g/mol. The van der Waals surface area contributed by atoms with Gasteiger partial charge in [0, 0.05) is 6.42 Å². The quantitative estimate of drug-likeness (QED) is 0.443. The van der Waals surface area contributed by atoms with E-state index < -0.39 is 5.97 Å². The van der Waals surface area contributed by atoms with Gasteiger partial charge in [-0.1, -0.05) is 85.5 Å². The molecule has 0 amide bonds. The van der Waals surface area contributed by atoms with Crippen LogP contribution in [0.1, 0.15) is 98.3 Å². The summed E-state index contributed by atoms with van der Waals surface area (Å²) in [5.41, 5.74) is 0.454. The summed E-state index contributed by atoms with van der Waals surface area (Å²) < 4.78 is 0. The molecule has 2 nitrogen and oxygen atoms in total. The maximum absolute atomic E-state index is 10.3. The zero-order valence-electron chi connectivity index (χ0n) is 14.2. The Hall–Kier alpha value is -0.530. The van der Waals surface area contributed by atoms with E-state index in [1.165, 1.54) is 51.4 Å². The molecule has 120 valence electrons. The molecule has 0 saturated carbocycles. The molecule has 0 saturated heterocycles. The van der Waals surface area contributed by atoms with E-state index in [1.807, 2.05) is 0 Å². The summed E-state index contributed by atoms with van der Waals surface area (Å²) in [6, 6.07) is 0. The Labute approximate surface area is 126 Å². The fraction of sp³-hybridized carbons (Fsp3) is 0.944. The Kier molecular flexibility index (Phi) is 10.9. The molecule has 20 heavy (non-hydrogen) atoms. The summed E-state index contributed by atoms with van der Waals surface area (Å²) in [7, 11) is 0. The van der Waals surface area contributed by atoms with Crippen LogP contribution in [-0.4, -0.2) is 11.1 Å². The number of hydrogen-bond donors (Lipinski definition) is 1. The van der Waals surface area contributed by atoms with Crippen LogP contribution in [0, 0.1) is 11.3 Å². The number of carboxylic acids is 1. The molecule has 0 aliphatic rings. The van der Waals surface area contributed by atoms with Gasteiger partial charge in [-0.25, -0.2) is 0 Å². The fourth-order valence-electron chi connectivity index (χ4n) is 2.40. The maximum atomic E-state index is 10.3. The molecular weight excluding hydrogens is 248 g/mol. The van der Waals surface area contributed by atoms with Crippen molar-refractivity contribution >= 4 is 5.97 Å². The van der Waals surface area contributed by atoms with Crippen LogP contribution in [0.5, 0.6) is 0 Å². The van der Waals surface area contributed by atoms with Crippen LogP contribution in [0.25, 0.3) is 0 Å². The minimum absolute atomic E-state index is 0.339. The largest absolute Gasteiger partial charge is 0.481 e. The standard InChI is InChI=1S/C18H36O2/c1-16(18(2,3)4)14-12-10-8-6-5-7-9-11-13-15-17(19)20/h16H,5-15H2,1-4H3,(H,19,20). The molecule has 0 aliphatic carbocycles. The van der Waals surface area contributed by atoms with Crippen molar-refractivity contribution in [3.8, 4) is 0 Å². The van der Waals surface area contributed by atoms with E-state index in [-0.39, 0.29) is 0 Å². The van der Waals surface area contributed by atoms with Gasteiger partial charge in [-0.2, -0.15) is 0 Å². The molecule has 1 atom stereocenters. The molecule has 0 rings (SSSR count). The van der Waals surface area contributed by atoms with Gasteiger partial charge >= 0.3 is 5.97 Å². The Morgan fingerprint density at radius 2 is 1.25 bits per heavy atom. The van der Waals surface area contributed by atoms with Gasteiger partial charge < -0.3 is 5.11 Å². The van der Waals surface area contributed by atoms with Crippen LogP contribution >= 0.6 is 0 Å². The lowest BCUT2D eigenvalue weighted by Gasteiger charge is -2.27. The van der Waals surface area contributed by atoms with Crippen molar-refractivity contribution in [3.05, 3.63) is 0 Å². The molecule has 0 fully saturated rings. The molecule has 0 radical (unpaired) electrons. The summed E-state index contributed by atoms with van der Waals surface area (Å²) in [5, 5.41) is 8.53. The fourth-order valence-corrected chi connectivity index (χ4v) is 2.40. The highest BCUT2D eigenvalue weighted by molar-refractivity contribution is 5.66. The smallest absolute Gasteiger partial charge is 0.303 e. The third-order valence-corrected chi connectivity index (χ3v) is 4.51. The summed E-state index contributed by atoms with van der Waals surface area (Å²) >= 11 is 0. The molecule has 0 spiro atoms. The molecule has 0 heterocycles. The predicted octanol–water partition coefficient (Wildman–Crippen LogP) is 6.04. The van der Waals surface area contributed by atoms with Gasteiger partial charge in [0.2, 0.25) is 0 Å². The molecular formula is C18H36O2. The van der Waals surface area contributed by atoms with Gasteiger partial charge in [0.1, 0.15) is 0 Å². The third kappa shape index (κ3) is 12.5. The van der Waals surface area contributed by atoms with Gasteiger partial charge in [-0.05, 0) is 17.8 Å². The van der Waals surface area contributed by atoms with Gasteiger partial charge in [0.15, 0.2) is 0 Å². The van der Waals surface area contributed by atoms with Crippen LogP contribution in [0.15, 0.2) is 0 Å². The lowest BCUT2D eigenvalue weighted by molar-refractivity contribution is -0.137. The average Bonchev–Trinajstić information content (AvgIpc) is 2.34. The van der Waals surface area contributed by atoms with Crippen molar-refractivity contribution < 1.29 is 9.90 Å². The number of rotatable bonds is 12. The predicted molar refractivity (Wildman–Crippen MR) is 87.0 cm³/mol. The number of unbranched alkanes of at least 4 members (excludes halogenated alkanes) is 8. The minimum atomic E-state index is -0.658. The molecule has 0 aromatic rings. The first-order chi connectivity index (χ1) is 9.34. The first kappa shape index (κ1) is 19.5. The second-order valence-corrected chi connectivity index (χ2v) is 7.38. The van der Waals surface area contributed by atoms with E-state index in [0.29, 0.717) is 11.8 Å². The maximum Gasteiger partial charge on any atom is 0.303 e. The van der Waals surface area contributed by atoms with Gasteiger partial charge in [0.05, 0.1) is 0 Å². The highest BCUT2D eigenvalue weighted by atomic mass is 16.4. The summed E-state index contributed by atoms with van der Waals surface area (Å²) in [6.45, 7) is 9.38. The normalized spacial score (nSPS) is 13.4. The molecule has 2 heteroatoms. The van der Waals surface area contributed by atoms with Crippen molar-refractivity contribution in [2.45, 2.75) is 98.3 Å². The van der Waals surface area contributed by atoms with E-state index in [4.69, 9.17) is 5.11 Å². The van der Waals surface area contributed by atoms with E-state index in [9.17, 15) is 4.79 Å². The monoisotopic (exact) mass is 284 g/mol. The molecule has 1 N–H and O–H groups in total. The molecule has 0 aromatic carbocycles. The number of hydrogen-bond acceptors (Lipinski definition) is 1. The highest BCUT2D eigenvalue weighted by Crippen LogP contribution is 2.29. The van der Waals surface area contributed by atoms with Gasteiger partial charge in [0.25, 0.3) is 0 Å². The van der Waals surface area contributed by atoms with E-state index in [1.54, 1.807) is 0 Å². The van der Waals surface area contributed by atoms with Gasteiger partial charge in [-0.15, -0.1) is 0 Å². The van der Waals surface area contributed by atoms with Gasteiger partial charge in [-0.3, -0.25) is 4.79 Å². The zero-order chi connectivity index (χ0) is 15.4. The zero-order valence-corrected chi connectivity index (χ0v) is 14.2. The van der Waals surface area contributed by atoms with Crippen LogP contribution in [0.2, 0.25) is 0 Å². The second-order valence-electron chi connectivity index (χ2n) is 7.38. The van der Waals surface area contributed by atoms with E-state index in [0.717, 1.165) is 18.8 Å². The molecule has 0 aliphatic heterocycles. The third-order valence-electron chi connectivity index (χ3n) is 4.51. The van der Waals surface area contributed by atoms with Crippen molar-refractivity contribution in [2.24, 2.45) is 11.3 Å². The highest BCUT2D eigenvalue weighted by Gasteiger charge is 2.18. The Bertz CT molecular complexity index is 240. The number of aliphatic carboxylic acids is 1. The summed E-state index contributed by atoms with van der Waals surface area (Å²) in [4.78, 5) is 10.3. The minimum Gasteiger partial charge on any atom is -0.481 e. The summed E-state index contributed by atoms with van der Waals surface area (Å²) in [6.07, 6.45) is 12.9. The first-order valence-corrected chi connectivity index (χ1v) is 8.56. The van der Waals surface area contributed by atoms with Crippen molar-refractivity contribution in [2.75, 3.05) is 0 Å². The van der Waals surface area contributed by atoms with Crippen LogP contribution in [0.3, 0.4) is 0 Å². The van der Waals surface area contributed by atoms with Crippen LogP contribution < -0.4 is 0 Å². The van der Waals surface area contributed by atoms with E-state index in [2.05, 4.69) is 27.7 Å². The Morgan fingerprint density at radius 3 is 1.65 bits per heavy atom. The Balaban J connectivity index is 3.19. The first-order valence-electron chi connectivity index (χ1n) is 8.56. The second kappa shape index (κ2) is 11.2. The topological polar surface area (TPSA) is 37.3 Å². The van der Waals surface area contributed by atoms with Crippen molar-refractivity contribution in [1.82, 2.24) is 0 Å². The van der Waals surface area contributed by atoms with Crippen LogP contribution in [-0.2, 0) is 4.79 Å². The lowest BCUT2D eigenvalue weighted by atomic mass is 9.79. The Morgan fingerprint density at radius 1 is 0.850 bits per heavy atom. The SMILES string of the molecule is CC(CCCCCCCCCCCC(=O)O)C(C)(C)C. The van der Waals surface area contributed by atoms with Crippen molar-refractivity contribution in [3.63, 3.8) is 0 Å². The summed E-state index contributed by atoms with van der Waals surface area (Å²) in [5.74, 6) is 0.159. The van der Waals surface area contributed by atoms with Crippen molar-refractivity contribution in [1.29, 1.82) is 0 Å². The molecule has 0 bridgehead atoms. The molecule has 1 unspecified atom stereocenters. The van der Waals surface area contributed by atoms with E-state index >= 15 is 0 Å². The number of carboxylic acid groups (broad SMARTS) is 1.